The number of ether oxygens (including phenoxy) is 3. The SMILES string of the molecule is CCOC(=O)Cc1ccc(OCCCCCCCCCCOc2ccc(Cl)cc2)cc1. The molecular weight excluding hydrogens is 412 g/mol. The highest BCUT2D eigenvalue weighted by atomic mass is 35.5. The first-order valence-electron chi connectivity index (χ1n) is 11.4. The summed E-state index contributed by atoms with van der Waals surface area (Å²) < 4.78 is 16.5. The topological polar surface area (TPSA) is 44.8 Å². The number of halogens is 1. The molecule has 0 aromatic heterocycles. The number of hydrogen-bond donors (Lipinski definition) is 0. The van der Waals surface area contributed by atoms with Crippen molar-refractivity contribution in [3.8, 4) is 11.5 Å². The minimum absolute atomic E-state index is 0.192. The maximum atomic E-state index is 11.5. The van der Waals surface area contributed by atoms with Gasteiger partial charge in [-0.1, -0.05) is 62.3 Å². The van der Waals surface area contributed by atoms with Gasteiger partial charge in [0.2, 0.25) is 0 Å². The van der Waals surface area contributed by atoms with Crippen LogP contribution in [0.1, 0.15) is 63.9 Å². The van der Waals surface area contributed by atoms with Crippen molar-refractivity contribution in [1.29, 1.82) is 0 Å². The number of unbranched alkanes of at least 4 members (excludes halogenated alkanes) is 7. The standard InChI is InChI=1S/C26H35ClO4/c1-2-29-26(28)21-22-11-15-24(16-12-22)30-19-9-7-5-3-4-6-8-10-20-31-25-17-13-23(27)14-18-25/h11-18H,2-10,19-21H2,1H3. The van der Waals surface area contributed by atoms with E-state index in [0.29, 0.717) is 13.0 Å². The Labute approximate surface area is 191 Å². The molecule has 0 radical (unpaired) electrons. The number of hydrogen-bond acceptors (Lipinski definition) is 4. The smallest absolute Gasteiger partial charge is 0.310 e. The lowest BCUT2D eigenvalue weighted by atomic mass is 10.1. The lowest BCUT2D eigenvalue weighted by molar-refractivity contribution is -0.142. The average Bonchev–Trinajstić information content (AvgIpc) is 2.77. The number of rotatable bonds is 16. The molecule has 0 fully saturated rings. The molecular formula is C26H35ClO4. The minimum atomic E-state index is -0.192. The zero-order chi connectivity index (χ0) is 22.2. The Bertz CT molecular complexity index is 728. The fourth-order valence-corrected chi connectivity index (χ4v) is 3.38. The van der Waals surface area contributed by atoms with Crippen LogP contribution in [0.15, 0.2) is 48.5 Å². The number of esters is 1. The van der Waals surface area contributed by atoms with Crippen molar-refractivity contribution < 1.29 is 19.0 Å². The first kappa shape index (κ1) is 25.1. The zero-order valence-corrected chi connectivity index (χ0v) is 19.4. The van der Waals surface area contributed by atoms with Crippen molar-refractivity contribution in [2.24, 2.45) is 0 Å². The third-order valence-electron chi connectivity index (χ3n) is 4.97. The maximum Gasteiger partial charge on any atom is 0.310 e. The van der Waals surface area contributed by atoms with E-state index in [4.69, 9.17) is 25.8 Å². The second-order valence-corrected chi connectivity index (χ2v) is 8.04. The second kappa shape index (κ2) is 15.6. The van der Waals surface area contributed by atoms with Gasteiger partial charge in [-0.05, 0) is 61.7 Å². The Morgan fingerprint density at radius 3 is 1.65 bits per heavy atom. The van der Waals surface area contributed by atoms with E-state index in [1.807, 2.05) is 55.5 Å². The molecule has 0 saturated carbocycles. The number of carbonyl (C=O) groups excluding carboxylic acids is 1. The molecule has 5 heteroatoms. The van der Waals surface area contributed by atoms with E-state index in [0.717, 1.165) is 48.1 Å². The summed E-state index contributed by atoms with van der Waals surface area (Å²) in [4.78, 5) is 11.5. The minimum Gasteiger partial charge on any atom is -0.494 e. The van der Waals surface area contributed by atoms with Crippen LogP contribution in [0.5, 0.6) is 11.5 Å². The van der Waals surface area contributed by atoms with Crippen LogP contribution in [0.25, 0.3) is 0 Å². The fourth-order valence-electron chi connectivity index (χ4n) is 3.26. The van der Waals surface area contributed by atoms with Crippen molar-refractivity contribution in [3.63, 3.8) is 0 Å². The van der Waals surface area contributed by atoms with Gasteiger partial charge in [0.25, 0.3) is 0 Å². The Kier molecular flexibility index (Phi) is 12.6. The van der Waals surface area contributed by atoms with Gasteiger partial charge in [0.05, 0.1) is 26.2 Å². The van der Waals surface area contributed by atoms with Crippen molar-refractivity contribution in [1.82, 2.24) is 0 Å². The number of benzene rings is 2. The van der Waals surface area contributed by atoms with E-state index in [1.54, 1.807) is 0 Å². The van der Waals surface area contributed by atoms with Crippen LogP contribution in [0.2, 0.25) is 5.02 Å². The highest BCUT2D eigenvalue weighted by Crippen LogP contribution is 2.17. The molecule has 2 aromatic carbocycles. The van der Waals surface area contributed by atoms with E-state index in [-0.39, 0.29) is 5.97 Å². The molecule has 0 spiro atoms. The summed E-state index contributed by atoms with van der Waals surface area (Å²) in [6.07, 6.45) is 9.95. The van der Waals surface area contributed by atoms with E-state index in [1.165, 1.54) is 38.5 Å². The van der Waals surface area contributed by atoms with Crippen molar-refractivity contribution in [3.05, 3.63) is 59.1 Å². The van der Waals surface area contributed by atoms with Gasteiger partial charge in [0.15, 0.2) is 0 Å². The second-order valence-electron chi connectivity index (χ2n) is 7.61. The lowest BCUT2D eigenvalue weighted by Crippen LogP contribution is -2.07. The predicted octanol–water partition coefficient (Wildman–Crippen LogP) is 7.02. The molecule has 0 aliphatic carbocycles. The summed E-state index contributed by atoms with van der Waals surface area (Å²) in [5.41, 5.74) is 0.947. The Balaban J connectivity index is 1.39. The fraction of sp³-hybridized carbons (Fsp3) is 0.500. The molecule has 31 heavy (non-hydrogen) atoms. The maximum absolute atomic E-state index is 11.5. The summed E-state index contributed by atoms with van der Waals surface area (Å²) in [5.74, 6) is 1.55. The summed E-state index contributed by atoms with van der Waals surface area (Å²) in [6.45, 7) is 3.73. The van der Waals surface area contributed by atoms with Gasteiger partial charge in [-0.15, -0.1) is 0 Å². The van der Waals surface area contributed by atoms with Crippen LogP contribution < -0.4 is 9.47 Å². The Hall–Kier alpha value is -2.20. The largest absolute Gasteiger partial charge is 0.494 e. The van der Waals surface area contributed by atoms with Crippen LogP contribution in [0.4, 0.5) is 0 Å². The van der Waals surface area contributed by atoms with Crippen LogP contribution in [0, 0.1) is 0 Å². The average molecular weight is 447 g/mol. The highest BCUT2D eigenvalue weighted by Gasteiger charge is 2.04. The molecule has 0 aliphatic heterocycles. The molecule has 4 nitrogen and oxygen atoms in total. The van der Waals surface area contributed by atoms with Crippen molar-refractivity contribution >= 4 is 17.6 Å². The first-order valence-corrected chi connectivity index (χ1v) is 11.8. The van der Waals surface area contributed by atoms with Crippen molar-refractivity contribution in [2.75, 3.05) is 19.8 Å². The van der Waals surface area contributed by atoms with Crippen LogP contribution in [-0.4, -0.2) is 25.8 Å². The van der Waals surface area contributed by atoms with Gasteiger partial charge < -0.3 is 14.2 Å². The summed E-state index contributed by atoms with van der Waals surface area (Å²) in [6, 6.07) is 15.2. The summed E-state index contributed by atoms with van der Waals surface area (Å²) in [7, 11) is 0. The molecule has 0 saturated heterocycles. The molecule has 0 heterocycles. The summed E-state index contributed by atoms with van der Waals surface area (Å²) in [5, 5.41) is 0.736. The zero-order valence-electron chi connectivity index (χ0n) is 18.6. The van der Waals surface area contributed by atoms with Gasteiger partial charge >= 0.3 is 5.97 Å². The van der Waals surface area contributed by atoms with Crippen LogP contribution in [-0.2, 0) is 16.0 Å². The summed E-state index contributed by atoms with van der Waals surface area (Å²) >= 11 is 5.86. The normalized spacial score (nSPS) is 10.6. The van der Waals surface area contributed by atoms with Crippen LogP contribution >= 0.6 is 11.6 Å². The van der Waals surface area contributed by atoms with Gasteiger partial charge in [-0.2, -0.15) is 0 Å². The Morgan fingerprint density at radius 1 is 0.710 bits per heavy atom. The molecule has 0 N–H and O–H groups in total. The quantitative estimate of drug-likeness (QED) is 0.205. The van der Waals surface area contributed by atoms with E-state index >= 15 is 0 Å². The molecule has 0 amide bonds. The number of carbonyl (C=O) groups is 1. The van der Waals surface area contributed by atoms with Crippen LogP contribution in [0.3, 0.4) is 0 Å². The predicted molar refractivity (Wildman–Crippen MR) is 126 cm³/mol. The van der Waals surface area contributed by atoms with E-state index in [9.17, 15) is 4.79 Å². The Morgan fingerprint density at radius 2 is 1.16 bits per heavy atom. The van der Waals surface area contributed by atoms with E-state index < -0.39 is 0 Å². The third kappa shape index (κ3) is 11.7. The first-order chi connectivity index (χ1) is 15.2. The van der Waals surface area contributed by atoms with Gasteiger partial charge in [-0.3, -0.25) is 4.79 Å². The van der Waals surface area contributed by atoms with Gasteiger partial charge in [-0.25, -0.2) is 0 Å². The van der Waals surface area contributed by atoms with E-state index in [2.05, 4.69) is 0 Å². The molecule has 170 valence electrons. The monoisotopic (exact) mass is 446 g/mol. The van der Waals surface area contributed by atoms with Gasteiger partial charge in [0.1, 0.15) is 11.5 Å². The van der Waals surface area contributed by atoms with Crippen molar-refractivity contribution in [2.45, 2.75) is 64.7 Å². The lowest BCUT2D eigenvalue weighted by Gasteiger charge is -2.08. The molecule has 2 rings (SSSR count). The third-order valence-corrected chi connectivity index (χ3v) is 5.22. The highest BCUT2D eigenvalue weighted by molar-refractivity contribution is 6.30. The molecule has 0 aliphatic rings. The molecule has 0 atom stereocenters. The van der Waals surface area contributed by atoms with Gasteiger partial charge in [0, 0.05) is 5.02 Å². The molecule has 0 unspecified atom stereocenters. The molecule has 0 bridgehead atoms. The molecule has 2 aromatic rings.